The van der Waals surface area contributed by atoms with Gasteiger partial charge in [0.2, 0.25) is 0 Å². The Labute approximate surface area is 137 Å². The van der Waals surface area contributed by atoms with Gasteiger partial charge in [0.05, 0.1) is 27.4 Å². The minimum Gasteiger partial charge on any atom is -0.379 e. The van der Waals surface area contributed by atoms with Crippen molar-refractivity contribution in [2.24, 2.45) is 0 Å². The summed E-state index contributed by atoms with van der Waals surface area (Å²) < 4.78 is 15.8. The number of aromatic nitrogens is 2. The molecule has 0 spiro atoms. The molecule has 1 aromatic carbocycles. The average Bonchev–Trinajstić information content (AvgIpc) is 2.77. The fourth-order valence-corrected chi connectivity index (χ4v) is 2.88. The number of rotatable bonds is 5. The van der Waals surface area contributed by atoms with Crippen molar-refractivity contribution >= 4 is 33.2 Å². The summed E-state index contributed by atoms with van der Waals surface area (Å²) in [5.74, 6) is -0.261. The Morgan fingerprint density at radius 2 is 2.10 bits per heavy atom. The van der Waals surface area contributed by atoms with Crippen LogP contribution in [-0.2, 0) is 19.5 Å². The Morgan fingerprint density at radius 1 is 1.38 bits per heavy atom. The van der Waals surface area contributed by atoms with Gasteiger partial charge >= 0.3 is 0 Å². The number of hydrogen-bond acceptors (Lipinski definition) is 2. The van der Waals surface area contributed by atoms with Crippen LogP contribution in [0.2, 0.25) is 5.02 Å². The lowest BCUT2D eigenvalue weighted by Gasteiger charge is -2.12. The Morgan fingerprint density at radius 3 is 2.71 bits per heavy atom. The fourth-order valence-electron chi connectivity index (χ4n) is 2.20. The van der Waals surface area contributed by atoms with Gasteiger partial charge in [-0.05, 0) is 53.9 Å². The zero-order chi connectivity index (χ0) is 15.6. The lowest BCUT2D eigenvalue weighted by molar-refractivity contribution is 0.617. The van der Waals surface area contributed by atoms with Gasteiger partial charge in [-0.25, -0.2) is 4.39 Å². The van der Waals surface area contributed by atoms with Gasteiger partial charge in [-0.3, -0.25) is 4.68 Å². The normalized spacial score (nSPS) is 11.0. The molecule has 1 N–H and O–H groups in total. The first kappa shape index (κ1) is 16.3. The van der Waals surface area contributed by atoms with Crippen molar-refractivity contribution in [1.29, 1.82) is 0 Å². The predicted molar refractivity (Wildman–Crippen MR) is 88.5 cm³/mol. The van der Waals surface area contributed by atoms with Crippen LogP contribution in [0.1, 0.15) is 30.8 Å². The van der Waals surface area contributed by atoms with Gasteiger partial charge in [0.15, 0.2) is 0 Å². The summed E-state index contributed by atoms with van der Waals surface area (Å²) in [6.45, 7) is 7.26. The smallest absolute Gasteiger partial charge is 0.137 e. The van der Waals surface area contributed by atoms with Crippen molar-refractivity contribution in [1.82, 2.24) is 9.78 Å². The summed E-state index contributed by atoms with van der Waals surface area (Å²) in [4.78, 5) is 0. The highest BCUT2D eigenvalue weighted by Gasteiger charge is 2.14. The van der Waals surface area contributed by atoms with Crippen molar-refractivity contribution in [3.63, 3.8) is 0 Å². The Balaban J connectivity index is 2.24. The average molecular weight is 375 g/mol. The maximum absolute atomic E-state index is 13.4. The maximum atomic E-state index is 13.4. The molecule has 1 heterocycles. The van der Waals surface area contributed by atoms with Crippen molar-refractivity contribution in [3.8, 4) is 0 Å². The lowest BCUT2D eigenvalue weighted by atomic mass is 10.2. The Bertz CT molecular complexity index is 655. The summed E-state index contributed by atoms with van der Waals surface area (Å²) in [6, 6.07) is 3.24. The van der Waals surface area contributed by atoms with Crippen molar-refractivity contribution in [3.05, 3.63) is 44.4 Å². The zero-order valence-electron chi connectivity index (χ0n) is 12.3. The van der Waals surface area contributed by atoms with E-state index in [1.165, 1.54) is 6.07 Å². The quantitative estimate of drug-likeness (QED) is 0.803. The summed E-state index contributed by atoms with van der Waals surface area (Å²) in [7, 11) is 0. The van der Waals surface area contributed by atoms with Gasteiger partial charge in [-0.2, -0.15) is 5.10 Å². The molecular formula is C15H18BrClFN3. The van der Waals surface area contributed by atoms with E-state index >= 15 is 0 Å². The third-order valence-corrected chi connectivity index (χ3v) is 4.45. The first-order chi connectivity index (χ1) is 9.97. The van der Waals surface area contributed by atoms with Crippen molar-refractivity contribution in [2.45, 2.75) is 40.3 Å². The van der Waals surface area contributed by atoms with E-state index in [2.05, 4.69) is 26.3 Å². The van der Waals surface area contributed by atoms with E-state index in [0.29, 0.717) is 16.0 Å². The van der Waals surface area contributed by atoms with Crippen LogP contribution in [0, 0.1) is 12.7 Å². The molecule has 0 radical (unpaired) electrons. The molecule has 114 valence electrons. The highest BCUT2D eigenvalue weighted by molar-refractivity contribution is 9.10. The Hall–Kier alpha value is -1.07. The Kier molecular flexibility index (Phi) is 5.27. The van der Waals surface area contributed by atoms with E-state index in [1.807, 2.05) is 25.5 Å². The van der Waals surface area contributed by atoms with Crippen LogP contribution < -0.4 is 5.32 Å². The topological polar surface area (TPSA) is 29.9 Å². The molecule has 0 saturated carbocycles. The van der Waals surface area contributed by atoms with Crippen molar-refractivity contribution in [2.75, 3.05) is 5.32 Å². The zero-order valence-corrected chi connectivity index (χ0v) is 14.6. The molecule has 0 unspecified atom stereocenters. The van der Waals surface area contributed by atoms with Gasteiger partial charge in [0.1, 0.15) is 5.82 Å². The molecule has 0 amide bonds. The molecule has 21 heavy (non-hydrogen) atoms. The minimum absolute atomic E-state index is 0.261. The standard InChI is InChI=1S/C15H18BrClFN3/c1-4-12-15(17)14(21(5-2)20-12)8-19-13-7-10(16)11(18)6-9(13)3/h6-7,19H,4-5,8H2,1-3H3. The van der Waals surface area contributed by atoms with E-state index in [4.69, 9.17) is 11.6 Å². The van der Waals surface area contributed by atoms with Crippen LogP contribution in [-0.4, -0.2) is 9.78 Å². The number of nitrogens with one attached hydrogen (secondary N) is 1. The van der Waals surface area contributed by atoms with Gasteiger partial charge < -0.3 is 5.32 Å². The molecule has 0 saturated heterocycles. The molecule has 0 aliphatic rings. The highest BCUT2D eigenvalue weighted by atomic mass is 79.9. The van der Waals surface area contributed by atoms with Gasteiger partial charge in [-0.1, -0.05) is 18.5 Å². The number of hydrogen-bond donors (Lipinski definition) is 1. The summed E-state index contributed by atoms with van der Waals surface area (Å²) in [5, 5.41) is 8.51. The number of aryl methyl sites for hydroxylation is 3. The SMILES string of the molecule is CCc1nn(CC)c(CNc2cc(Br)c(F)cc2C)c1Cl. The maximum Gasteiger partial charge on any atom is 0.137 e. The van der Waals surface area contributed by atoms with Crippen LogP contribution in [0.4, 0.5) is 10.1 Å². The van der Waals surface area contributed by atoms with Crippen LogP contribution in [0.5, 0.6) is 0 Å². The van der Waals surface area contributed by atoms with E-state index in [9.17, 15) is 4.39 Å². The molecule has 1 aromatic heterocycles. The second kappa shape index (κ2) is 6.79. The molecule has 0 bridgehead atoms. The first-order valence-corrected chi connectivity index (χ1v) is 8.08. The van der Waals surface area contributed by atoms with Crippen LogP contribution in [0.25, 0.3) is 0 Å². The summed E-state index contributed by atoms with van der Waals surface area (Å²) in [6.07, 6.45) is 0.806. The van der Waals surface area contributed by atoms with Gasteiger partial charge in [0, 0.05) is 12.2 Å². The van der Waals surface area contributed by atoms with E-state index in [0.717, 1.165) is 35.6 Å². The molecule has 3 nitrogen and oxygen atoms in total. The van der Waals surface area contributed by atoms with Crippen molar-refractivity contribution < 1.29 is 4.39 Å². The third-order valence-electron chi connectivity index (χ3n) is 3.41. The molecular weight excluding hydrogens is 357 g/mol. The molecule has 2 rings (SSSR count). The van der Waals surface area contributed by atoms with E-state index in [1.54, 1.807) is 6.07 Å². The minimum atomic E-state index is -0.261. The molecule has 2 aromatic rings. The molecule has 0 aliphatic carbocycles. The number of anilines is 1. The second-order valence-electron chi connectivity index (χ2n) is 4.81. The highest BCUT2D eigenvalue weighted by Crippen LogP contribution is 2.26. The van der Waals surface area contributed by atoms with Crippen LogP contribution >= 0.6 is 27.5 Å². The summed E-state index contributed by atoms with van der Waals surface area (Å²) in [5.41, 5.74) is 3.59. The molecule has 0 atom stereocenters. The number of nitrogens with zero attached hydrogens (tertiary/aromatic N) is 2. The van der Waals surface area contributed by atoms with Crippen LogP contribution in [0.15, 0.2) is 16.6 Å². The molecule has 0 aliphatic heterocycles. The number of halogens is 3. The molecule has 6 heteroatoms. The predicted octanol–water partition coefficient (Wildman–Crippen LogP) is 4.94. The lowest BCUT2D eigenvalue weighted by Crippen LogP contribution is -2.09. The van der Waals surface area contributed by atoms with E-state index in [-0.39, 0.29) is 5.82 Å². The molecule has 0 fully saturated rings. The first-order valence-electron chi connectivity index (χ1n) is 6.91. The monoisotopic (exact) mass is 373 g/mol. The van der Waals surface area contributed by atoms with Gasteiger partial charge in [0.25, 0.3) is 0 Å². The largest absolute Gasteiger partial charge is 0.379 e. The fraction of sp³-hybridized carbons (Fsp3) is 0.400. The van der Waals surface area contributed by atoms with Crippen LogP contribution in [0.3, 0.4) is 0 Å². The number of benzene rings is 1. The third kappa shape index (κ3) is 3.40. The summed E-state index contributed by atoms with van der Waals surface area (Å²) >= 11 is 9.58. The van der Waals surface area contributed by atoms with E-state index < -0.39 is 0 Å². The van der Waals surface area contributed by atoms with Gasteiger partial charge in [-0.15, -0.1) is 0 Å². The second-order valence-corrected chi connectivity index (χ2v) is 6.04.